The molecular weight excluding hydrogens is 447 g/mol. The van der Waals surface area contributed by atoms with Crippen LogP contribution in [0.4, 0.5) is 4.39 Å². The molecule has 0 radical (unpaired) electrons. The minimum absolute atomic E-state index is 0.190. The van der Waals surface area contributed by atoms with Crippen molar-refractivity contribution in [3.63, 3.8) is 0 Å². The van der Waals surface area contributed by atoms with Crippen molar-refractivity contribution in [1.29, 1.82) is 0 Å². The zero-order valence-electron chi connectivity index (χ0n) is 19.7. The summed E-state index contributed by atoms with van der Waals surface area (Å²) >= 11 is 0. The van der Waals surface area contributed by atoms with Gasteiger partial charge in [0.25, 0.3) is 5.91 Å². The number of hydrogen-bond donors (Lipinski definition) is 0. The highest BCUT2D eigenvalue weighted by molar-refractivity contribution is 5.91. The molecule has 35 heavy (non-hydrogen) atoms. The molecule has 8 heteroatoms. The Morgan fingerprint density at radius 1 is 0.914 bits per heavy atom. The number of esters is 1. The number of ether oxygens (including phenoxy) is 1. The third kappa shape index (κ3) is 5.27. The maximum Gasteiger partial charge on any atom is 0.359 e. The molecule has 182 valence electrons. The fourth-order valence-electron chi connectivity index (χ4n) is 4.84. The first-order chi connectivity index (χ1) is 17.1. The van der Waals surface area contributed by atoms with Crippen molar-refractivity contribution in [2.24, 2.45) is 0 Å². The largest absolute Gasteiger partial charge is 0.451 e. The SMILES string of the molecule is O=C(OCC(=O)N1CCN(Cc2ccccc2)CC1)c1nn(-c2ccc(F)cc2)c2c1CCCC2. The Kier molecular flexibility index (Phi) is 6.90. The normalized spacial score (nSPS) is 16.1. The summed E-state index contributed by atoms with van der Waals surface area (Å²) in [5.41, 5.74) is 4.03. The van der Waals surface area contributed by atoms with E-state index in [1.807, 2.05) is 18.2 Å². The van der Waals surface area contributed by atoms with Crippen LogP contribution in [0.25, 0.3) is 5.69 Å². The van der Waals surface area contributed by atoms with E-state index in [9.17, 15) is 14.0 Å². The van der Waals surface area contributed by atoms with Crippen molar-refractivity contribution in [1.82, 2.24) is 19.6 Å². The highest BCUT2D eigenvalue weighted by Gasteiger charge is 2.28. The fraction of sp³-hybridized carbons (Fsp3) is 0.370. The Bertz CT molecular complexity index is 1190. The van der Waals surface area contributed by atoms with Gasteiger partial charge in [-0.1, -0.05) is 30.3 Å². The van der Waals surface area contributed by atoms with E-state index in [0.29, 0.717) is 18.8 Å². The maximum atomic E-state index is 13.4. The molecule has 1 aliphatic heterocycles. The zero-order chi connectivity index (χ0) is 24.2. The lowest BCUT2D eigenvalue weighted by molar-refractivity contribution is -0.136. The third-order valence-corrected chi connectivity index (χ3v) is 6.75. The molecule has 0 spiro atoms. The van der Waals surface area contributed by atoms with Gasteiger partial charge in [-0.05, 0) is 55.5 Å². The molecule has 0 atom stereocenters. The number of carbonyl (C=O) groups is 2. The standard InChI is InChI=1S/C27H29FN4O3/c28-21-10-12-22(13-11-21)32-24-9-5-4-8-23(24)26(29-32)27(34)35-19-25(33)31-16-14-30(15-17-31)18-20-6-2-1-3-7-20/h1-3,6-7,10-13H,4-5,8-9,14-19H2. The molecule has 2 aromatic carbocycles. The van der Waals surface area contributed by atoms with Gasteiger partial charge in [0.05, 0.1) is 5.69 Å². The van der Waals surface area contributed by atoms with Gasteiger partial charge in [0.15, 0.2) is 12.3 Å². The van der Waals surface area contributed by atoms with Crippen molar-refractivity contribution < 1.29 is 18.7 Å². The first kappa shape index (κ1) is 23.2. The van der Waals surface area contributed by atoms with Gasteiger partial charge in [-0.2, -0.15) is 5.10 Å². The molecule has 1 aromatic heterocycles. The van der Waals surface area contributed by atoms with Crippen LogP contribution in [0.3, 0.4) is 0 Å². The van der Waals surface area contributed by atoms with Gasteiger partial charge >= 0.3 is 5.97 Å². The second-order valence-corrected chi connectivity index (χ2v) is 9.09. The molecule has 2 aliphatic rings. The van der Waals surface area contributed by atoms with Crippen molar-refractivity contribution in [3.05, 3.63) is 82.9 Å². The summed E-state index contributed by atoms with van der Waals surface area (Å²) in [6.45, 7) is 3.35. The van der Waals surface area contributed by atoms with Crippen molar-refractivity contribution in [2.75, 3.05) is 32.8 Å². The van der Waals surface area contributed by atoms with Gasteiger partial charge in [0.2, 0.25) is 0 Å². The summed E-state index contributed by atoms with van der Waals surface area (Å²) < 4.78 is 20.5. The molecular formula is C27H29FN4O3. The number of aromatic nitrogens is 2. The molecule has 2 heterocycles. The van der Waals surface area contributed by atoms with Crippen LogP contribution in [0.15, 0.2) is 54.6 Å². The Hall–Kier alpha value is -3.52. The number of carbonyl (C=O) groups excluding carboxylic acids is 2. The van der Waals surface area contributed by atoms with Gasteiger partial charge in [0.1, 0.15) is 5.82 Å². The van der Waals surface area contributed by atoms with E-state index >= 15 is 0 Å². The zero-order valence-corrected chi connectivity index (χ0v) is 19.7. The van der Waals surface area contributed by atoms with Crippen LogP contribution in [0, 0.1) is 5.82 Å². The molecule has 0 unspecified atom stereocenters. The van der Waals surface area contributed by atoms with Crippen LogP contribution in [-0.4, -0.2) is 64.2 Å². The smallest absolute Gasteiger partial charge is 0.359 e. The van der Waals surface area contributed by atoms with E-state index in [2.05, 4.69) is 22.1 Å². The van der Waals surface area contributed by atoms with Crippen molar-refractivity contribution in [2.45, 2.75) is 32.2 Å². The van der Waals surface area contributed by atoms with Crippen LogP contribution < -0.4 is 0 Å². The fourth-order valence-corrected chi connectivity index (χ4v) is 4.84. The van der Waals surface area contributed by atoms with Crippen LogP contribution >= 0.6 is 0 Å². The van der Waals surface area contributed by atoms with E-state index in [1.54, 1.807) is 21.7 Å². The molecule has 7 nitrogen and oxygen atoms in total. The molecule has 1 aliphatic carbocycles. The first-order valence-corrected chi connectivity index (χ1v) is 12.2. The predicted octanol–water partition coefficient (Wildman–Crippen LogP) is 3.39. The molecule has 0 N–H and O–H groups in total. The minimum atomic E-state index is -0.583. The Morgan fingerprint density at radius 2 is 1.63 bits per heavy atom. The van der Waals surface area contributed by atoms with Gasteiger partial charge in [-0.25, -0.2) is 13.9 Å². The third-order valence-electron chi connectivity index (χ3n) is 6.75. The molecule has 3 aromatic rings. The van der Waals surface area contributed by atoms with Crippen LogP contribution in [0.5, 0.6) is 0 Å². The number of halogens is 1. The summed E-state index contributed by atoms with van der Waals surface area (Å²) in [7, 11) is 0. The summed E-state index contributed by atoms with van der Waals surface area (Å²) in [5, 5.41) is 4.52. The maximum absolute atomic E-state index is 13.4. The van der Waals surface area contributed by atoms with E-state index in [1.165, 1.54) is 17.7 Å². The average molecular weight is 477 g/mol. The number of amides is 1. The number of benzene rings is 2. The van der Waals surface area contributed by atoms with E-state index in [0.717, 1.165) is 56.6 Å². The van der Waals surface area contributed by atoms with E-state index < -0.39 is 5.97 Å². The van der Waals surface area contributed by atoms with Gasteiger partial charge < -0.3 is 9.64 Å². The molecule has 1 fully saturated rings. The molecule has 0 saturated carbocycles. The van der Waals surface area contributed by atoms with E-state index in [4.69, 9.17) is 4.74 Å². The number of nitrogens with zero attached hydrogens (tertiary/aromatic N) is 4. The van der Waals surface area contributed by atoms with Crippen molar-refractivity contribution in [3.8, 4) is 5.69 Å². The summed E-state index contributed by atoms with van der Waals surface area (Å²) in [5.74, 6) is -1.10. The Balaban J connectivity index is 1.19. The molecule has 5 rings (SSSR count). The first-order valence-electron chi connectivity index (χ1n) is 12.2. The van der Waals surface area contributed by atoms with Crippen molar-refractivity contribution >= 4 is 11.9 Å². The monoisotopic (exact) mass is 476 g/mol. The number of hydrogen-bond acceptors (Lipinski definition) is 5. The lowest BCUT2D eigenvalue weighted by Crippen LogP contribution is -2.49. The number of piperazine rings is 1. The molecule has 0 bridgehead atoms. The second-order valence-electron chi connectivity index (χ2n) is 9.09. The van der Waals surface area contributed by atoms with Crippen LogP contribution in [0.2, 0.25) is 0 Å². The average Bonchev–Trinajstić information content (AvgIpc) is 3.28. The topological polar surface area (TPSA) is 67.7 Å². The lowest BCUT2D eigenvalue weighted by Gasteiger charge is -2.34. The van der Waals surface area contributed by atoms with Gasteiger partial charge in [-0.15, -0.1) is 0 Å². The number of fused-ring (bicyclic) bond motifs is 1. The lowest BCUT2D eigenvalue weighted by atomic mass is 9.95. The van der Waals surface area contributed by atoms with Gasteiger partial charge in [-0.3, -0.25) is 9.69 Å². The quantitative estimate of drug-likeness (QED) is 0.510. The Labute approximate surface area is 204 Å². The highest BCUT2D eigenvalue weighted by atomic mass is 19.1. The molecule has 1 saturated heterocycles. The predicted molar refractivity (Wildman–Crippen MR) is 129 cm³/mol. The minimum Gasteiger partial charge on any atom is -0.451 e. The summed E-state index contributed by atoms with van der Waals surface area (Å²) in [6, 6.07) is 16.3. The summed E-state index contributed by atoms with van der Waals surface area (Å²) in [4.78, 5) is 29.7. The van der Waals surface area contributed by atoms with E-state index in [-0.39, 0.29) is 24.0 Å². The second kappa shape index (κ2) is 10.4. The van der Waals surface area contributed by atoms with Crippen LogP contribution in [0.1, 0.15) is 40.2 Å². The van der Waals surface area contributed by atoms with Crippen LogP contribution in [-0.2, 0) is 28.9 Å². The Morgan fingerprint density at radius 3 is 2.37 bits per heavy atom. The highest BCUT2D eigenvalue weighted by Crippen LogP contribution is 2.27. The van der Waals surface area contributed by atoms with Gasteiger partial charge in [0, 0.05) is 44.0 Å². The number of rotatable bonds is 6. The molecule has 1 amide bonds. The summed E-state index contributed by atoms with van der Waals surface area (Å²) in [6.07, 6.45) is 3.50.